The van der Waals surface area contributed by atoms with E-state index >= 15 is 0 Å². The minimum atomic E-state index is -0.352. The molecule has 1 heterocycles. The number of rotatable bonds is 4. The lowest BCUT2D eigenvalue weighted by Gasteiger charge is -2.11. The lowest BCUT2D eigenvalue weighted by molar-refractivity contribution is -0.384. The minimum absolute atomic E-state index is 0.0571. The Morgan fingerprint density at radius 1 is 0.774 bits per heavy atom. The van der Waals surface area contributed by atoms with Gasteiger partial charge < -0.3 is 0 Å². The summed E-state index contributed by atoms with van der Waals surface area (Å²) in [5, 5.41) is 11.7. The highest BCUT2D eigenvalue weighted by molar-refractivity contribution is 9.10. The summed E-state index contributed by atoms with van der Waals surface area (Å²) in [6.07, 6.45) is 0. The highest BCUT2D eigenvalue weighted by Crippen LogP contribution is 2.40. The van der Waals surface area contributed by atoms with E-state index in [2.05, 4.69) is 20.5 Å². The van der Waals surface area contributed by atoms with Crippen molar-refractivity contribution in [3.05, 3.63) is 112 Å². The standard InChI is InChI=1S/C25H16BrN3O2/c26-21-16-15-20(19-13-7-8-14-22(19)29(30)31)23-24(21)28(18-11-5-2-6-12-18)25(27-23)17-9-3-1-4-10-17/h1-16H. The Balaban J connectivity index is 1.91. The third-order valence-electron chi connectivity index (χ3n) is 5.19. The SMILES string of the molecule is O=[N+]([O-])c1ccccc1-c1ccc(Br)c2c1nc(-c1ccccc1)n2-c1ccccc1. The van der Waals surface area contributed by atoms with Crippen LogP contribution in [0, 0.1) is 10.1 Å². The molecule has 31 heavy (non-hydrogen) atoms. The molecule has 4 aromatic carbocycles. The van der Waals surface area contributed by atoms with Gasteiger partial charge in [0, 0.05) is 27.4 Å². The molecular weight excluding hydrogens is 454 g/mol. The average Bonchev–Trinajstić information content (AvgIpc) is 3.22. The fourth-order valence-corrected chi connectivity index (χ4v) is 4.33. The molecule has 150 valence electrons. The zero-order valence-electron chi connectivity index (χ0n) is 16.3. The van der Waals surface area contributed by atoms with Crippen molar-refractivity contribution in [2.75, 3.05) is 0 Å². The average molecular weight is 470 g/mol. The number of fused-ring (bicyclic) bond motifs is 1. The van der Waals surface area contributed by atoms with Crippen molar-refractivity contribution in [2.45, 2.75) is 0 Å². The number of aromatic nitrogens is 2. The van der Waals surface area contributed by atoms with Gasteiger partial charge >= 0.3 is 0 Å². The van der Waals surface area contributed by atoms with Crippen molar-refractivity contribution in [1.29, 1.82) is 0 Å². The Morgan fingerprint density at radius 2 is 1.42 bits per heavy atom. The number of benzene rings is 4. The number of hydrogen-bond donors (Lipinski definition) is 0. The maximum absolute atomic E-state index is 11.7. The van der Waals surface area contributed by atoms with Gasteiger partial charge in [0.1, 0.15) is 5.82 Å². The molecule has 0 unspecified atom stereocenters. The maximum Gasteiger partial charge on any atom is 0.277 e. The van der Waals surface area contributed by atoms with Gasteiger partial charge in [-0.05, 0) is 40.2 Å². The van der Waals surface area contributed by atoms with Gasteiger partial charge in [-0.2, -0.15) is 0 Å². The van der Waals surface area contributed by atoms with Crippen LogP contribution in [0.1, 0.15) is 0 Å². The molecule has 0 aliphatic rings. The predicted molar refractivity (Wildman–Crippen MR) is 126 cm³/mol. The van der Waals surface area contributed by atoms with Crippen molar-refractivity contribution < 1.29 is 4.92 Å². The lowest BCUT2D eigenvalue weighted by Crippen LogP contribution is -1.97. The van der Waals surface area contributed by atoms with E-state index in [4.69, 9.17) is 4.98 Å². The molecule has 0 amide bonds. The van der Waals surface area contributed by atoms with E-state index in [1.165, 1.54) is 6.07 Å². The van der Waals surface area contributed by atoms with E-state index < -0.39 is 0 Å². The first-order chi connectivity index (χ1) is 15.1. The van der Waals surface area contributed by atoms with Crippen LogP contribution < -0.4 is 0 Å². The predicted octanol–water partition coefficient (Wildman–Crippen LogP) is 7.03. The number of nitrogens with zero attached hydrogens (tertiary/aromatic N) is 3. The quantitative estimate of drug-likeness (QED) is 0.209. The summed E-state index contributed by atoms with van der Waals surface area (Å²) in [5.74, 6) is 0.772. The summed E-state index contributed by atoms with van der Waals surface area (Å²) in [6, 6.07) is 30.5. The molecule has 1 aromatic heterocycles. The second kappa shape index (κ2) is 7.81. The molecular formula is C25H16BrN3O2. The van der Waals surface area contributed by atoms with Crippen LogP contribution >= 0.6 is 15.9 Å². The van der Waals surface area contributed by atoms with Crippen LogP contribution in [-0.4, -0.2) is 14.5 Å². The maximum atomic E-state index is 11.7. The van der Waals surface area contributed by atoms with E-state index in [-0.39, 0.29) is 10.6 Å². The fraction of sp³-hybridized carbons (Fsp3) is 0. The minimum Gasteiger partial charge on any atom is -0.291 e. The number of halogens is 1. The molecule has 0 radical (unpaired) electrons. The van der Waals surface area contributed by atoms with E-state index in [1.807, 2.05) is 78.9 Å². The number of nitro groups is 1. The number of hydrogen-bond acceptors (Lipinski definition) is 3. The molecule has 6 heteroatoms. The van der Waals surface area contributed by atoms with Gasteiger partial charge in [0.15, 0.2) is 0 Å². The van der Waals surface area contributed by atoms with Crippen LogP contribution in [0.25, 0.3) is 39.2 Å². The van der Waals surface area contributed by atoms with E-state index in [9.17, 15) is 10.1 Å². The molecule has 0 spiro atoms. The number of imidazole rings is 1. The molecule has 0 N–H and O–H groups in total. The third-order valence-corrected chi connectivity index (χ3v) is 5.83. The Morgan fingerprint density at radius 3 is 2.13 bits per heavy atom. The monoisotopic (exact) mass is 469 g/mol. The normalized spacial score (nSPS) is 11.0. The molecule has 0 aliphatic carbocycles. The summed E-state index contributed by atoms with van der Waals surface area (Å²) >= 11 is 3.69. The van der Waals surface area contributed by atoms with Crippen molar-refractivity contribution in [3.63, 3.8) is 0 Å². The highest BCUT2D eigenvalue weighted by Gasteiger charge is 2.23. The number of para-hydroxylation sites is 2. The van der Waals surface area contributed by atoms with Crippen LogP contribution in [0.15, 0.2) is 102 Å². The first-order valence-corrected chi connectivity index (χ1v) is 10.5. The largest absolute Gasteiger partial charge is 0.291 e. The summed E-state index contributed by atoms with van der Waals surface area (Å²) < 4.78 is 2.95. The molecule has 5 rings (SSSR count). The molecule has 0 atom stereocenters. The topological polar surface area (TPSA) is 61.0 Å². The van der Waals surface area contributed by atoms with Crippen LogP contribution in [0.4, 0.5) is 5.69 Å². The van der Waals surface area contributed by atoms with Gasteiger partial charge in [-0.3, -0.25) is 14.7 Å². The van der Waals surface area contributed by atoms with Gasteiger partial charge in [-0.25, -0.2) is 4.98 Å². The Kier molecular flexibility index (Phi) is 4.84. The molecule has 0 fully saturated rings. The molecule has 0 aliphatic heterocycles. The first kappa shape index (κ1) is 19.2. The van der Waals surface area contributed by atoms with Gasteiger partial charge in [0.2, 0.25) is 0 Å². The van der Waals surface area contributed by atoms with E-state index in [0.717, 1.165) is 32.6 Å². The zero-order valence-corrected chi connectivity index (χ0v) is 17.9. The van der Waals surface area contributed by atoms with Crippen molar-refractivity contribution in [3.8, 4) is 28.2 Å². The summed E-state index contributed by atoms with van der Waals surface area (Å²) in [7, 11) is 0. The smallest absolute Gasteiger partial charge is 0.277 e. The van der Waals surface area contributed by atoms with Crippen molar-refractivity contribution >= 4 is 32.7 Å². The Labute approximate surface area is 186 Å². The van der Waals surface area contributed by atoms with Gasteiger partial charge in [0.05, 0.1) is 21.5 Å². The lowest BCUT2D eigenvalue weighted by atomic mass is 10.0. The van der Waals surface area contributed by atoms with Gasteiger partial charge in [-0.15, -0.1) is 0 Å². The number of nitro benzene ring substituents is 1. The summed E-state index contributed by atoms with van der Waals surface area (Å²) in [5.41, 5.74) is 4.81. The van der Waals surface area contributed by atoms with Crippen molar-refractivity contribution in [1.82, 2.24) is 9.55 Å². The molecule has 5 aromatic rings. The van der Waals surface area contributed by atoms with E-state index in [1.54, 1.807) is 12.1 Å². The molecule has 0 saturated heterocycles. The van der Waals surface area contributed by atoms with Crippen LogP contribution in [0.3, 0.4) is 0 Å². The van der Waals surface area contributed by atoms with Gasteiger partial charge in [-0.1, -0.05) is 66.7 Å². The van der Waals surface area contributed by atoms with Crippen LogP contribution in [0.5, 0.6) is 0 Å². The summed E-state index contributed by atoms with van der Waals surface area (Å²) in [4.78, 5) is 16.3. The summed E-state index contributed by atoms with van der Waals surface area (Å²) in [6.45, 7) is 0. The van der Waals surface area contributed by atoms with Crippen LogP contribution in [-0.2, 0) is 0 Å². The Bertz CT molecular complexity index is 1410. The highest BCUT2D eigenvalue weighted by atomic mass is 79.9. The molecule has 5 nitrogen and oxygen atoms in total. The molecule has 0 saturated carbocycles. The third kappa shape index (κ3) is 3.31. The zero-order chi connectivity index (χ0) is 21.4. The second-order valence-corrected chi connectivity index (χ2v) is 7.89. The Hall–Kier alpha value is -3.77. The first-order valence-electron chi connectivity index (χ1n) is 9.71. The van der Waals surface area contributed by atoms with E-state index in [0.29, 0.717) is 11.1 Å². The van der Waals surface area contributed by atoms with Crippen LogP contribution in [0.2, 0.25) is 0 Å². The van der Waals surface area contributed by atoms with Gasteiger partial charge in [0.25, 0.3) is 5.69 Å². The van der Waals surface area contributed by atoms with Crippen molar-refractivity contribution in [2.24, 2.45) is 0 Å². The second-order valence-electron chi connectivity index (χ2n) is 7.04. The fourth-order valence-electron chi connectivity index (χ4n) is 3.83. The molecule has 0 bridgehead atoms.